The number of ether oxygens (including phenoxy) is 2. The van der Waals surface area contributed by atoms with Crippen molar-refractivity contribution in [3.8, 4) is 11.5 Å². The van der Waals surface area contributed by atoms with Crippen LogP contribution in [0.3, 0.4) is 0 Å². The zero-order valence-corrected chi connectivity index (χ0v) is 21.7. The Kier molecular flexibility index (Phi) is 7.75. The zero-order chi connectivity index (χ0) is 24.1. The second-order valence-corrected chi connectivity index (χ2v) is 9.52. The molecular formula is C27H25BrN2O3S. The highest BCUT2D eigenvalue weighted by Crippen LogP contribution is 2.39. The summed E-state index contributed by atoms with van der Waals surface area (Å²) in [5, 5.41) is 0.658. The average Bonchev–Trinajstić information content (AvgIpc) is 3.11. The van der Waals surface area contributed by atoms with Crippen LogP contribution in [0, 0.1) is 0 Å². The van der Waals surface area contributed by atoms with Gasteiger partial charge >= 0.3 is 0 Å². The summed E-state index contributed by atoms with van der Waals surface area (Å²) in [6, 6.07) is 21.7. The highest BCUT2D eigenvalue weighted by Gasteiger charge is 2.30. The highest BCUT2D eigenvalue weighted by molar-refractivity contribution is 9.10. The summed E-state index contributed by atoms with van der Waals surface area (Å²) in [4.78, 5) is 19.9. The molecule has 7 heteroatoms. The van der Waals surface area contributed by atoms with Gasteiger partial charge in [0.05, 0.1) is 22.2 Å². The molecule has 4 rings (SSSR count). The van der Waals surface area contributed by atoms with Crippen molar-refractivity contribution in [1.29, 1.82) is 0 Å². The fourth-order valence-corrected chi connectivity index (χ4v) is 5.07. The Morgan fingerprint density at radius 3 is 2.56 bits per heavy atom. The molecular weight excluding hydrogens is 512 g/mol. The quantitative estimate of drug-likeness (QED) is 0.310. The van der Waals surface area contributed by atoms with Crippen LogP contribution in [0.2, 0.25) is 0 Å². The molecule has 1 saturated heterocycles. The standard InChI is InChI=1S/C27H25BrN2O3S/c1-4-20-12-8-9-13-22(20)29-27-30(2)26(31)24(34-27)16-19-14-21(28)25(23(15-19)32-3)33-17-18-10-6-5-7-11-18/h5-16H,4,17H2,1-3H3/b24-16+,29-27?. The van der Waals surface area contributed by atoms with Crippen LogP contribution in [0.1, 0.15) is 23.6 Å². The van der Waals surface area contributed by atoms with Gasteiger partial charge < -0.3 is 9.47 Å². The predicted molar refractivity (Wildman–Crippen MR) is 143 cm³/mol. The van der Waals surface area contributed by atoms with Gasteiger partial charge in [0.15, 0.2) is 16.7 Å². The first-order valence-electron chi connectivity index (χ1n) is 10.9. The average molecular weight is 537 g/mol. The minimum atomic E-state index is -0.0859. The summed E-state index contributed by atoms with van der Waals surface area (Å²) in [6.07, 6.45) is 2.73. The van der Waals surface area contributed by atoms with Crippen molar-refractivity contribution in [2.24, 2.45) is 4.99 Å². The fraction of sp³-hybridized carbons (Fsp3) is 0.185. The van der Waals surface area contributed by atoms with Gasteiger partial charge in [-0.2, -0.15) is 0 Å². The lowest BCUT2D eigenvalue weighted by Crippen LogP contribution is -2.23. The number of nitrogens with zero attached hydrogens (tertiary/aromatic N) is 2. The molecule has 0 saturated carbocycles. The van der Waals surface area contributed by atoms with Gasteiger partial charge in [-0.15, -0.1) is 0 Å². The van der Waals surface area contributed by atoms with E-state index in [0.717, 1.165) is 33.3 Å². The van der Waals surface area contributed by atoms with Crippen molar-refractivity contribution >= 4 is 50.5 Å². The molecule has 1 amide bonds. The number of aryl methyl sites for hydroxylation is 1. The molecule has 0 atom stereocenters. The third-order valence-corrected chi connectivity index (χ3v) is 7.02. The minimum Gasteiger partial charge on any atom is -0.493 e. The molecule has 0 bridgehead atoms. The number of amidine groups is 1. The van der Waals surface area contributed by atoms with Gasteiger partial charge in [-0.3, -0.25) is 9.69 Å². The van der Waals surface area contributed by atoms with Crippen molar-refractivity contribution in [2.75, 3.05) is 14.2 Å². The van der Waals surface area contributed by atoms with Crippen molar-refractivity contribution in [3.05, 3.63) is 92.8 Å². The molecule has 1 aliphatic heterocycles. The van der Waals surface area contributed by atoms with E-state index in [0.29, 0.717) is 28.2 Å². The van der Waals surface area contributed by atoms with Crippen LogP contribution in [-0.2, 0) is 17.8 Å². The number of rotatable bonds is 7. The second-order valence-electron chi connectivity index (χ2n) is 7.66. The van der Waals surface area contributed by atoms with E-state index in [1.807, 2.05) is 66.7 Å². The number of carbonyl (C=O) groups excluding carboxylic acids is 1. The maximum atomic E-state index is 12.9. The number of para-hydroxylation sites is 1. The van der Waals surface area contributed by atoms with Crippen molar-refractivity contribution < 1.29 is 14.3 Å². The van der Waals surface area contributed by atoms with E-state index in [1.165, 1.54) is 11.8 Å². The molecule has 34 heavy (non-hydrogen) atoms. The first kappa shape index (κ1) is 24.1. The summed E-state index contributed by atoms with van der Waals surface area (Å²) in [5.74, 6) is 1.12. The van der Waals surface area contributed by atoms with Gasteiger partial charge in [0.2, 0.25) is 0 Å². The minimum absolute atomic E-state index is 0.0859. The number of carbonyl (C=O) groups is 1. The molecule has 0 spiro atoms. The molecule has 0 unspecified atom stereocenters. The van der Waals surface area contributed by atoms with E-state index in [-0.39, 0.29) is 5.91 Å². The summed E-state index contributed by atoms with van der Waals surface area (Å²) in [6.45, 7) is 2.52. The number of hydrogen-bond acceptors (Lipinski definition) is 5. The topological polar surface area (TPSA) is 51.1 Å². The first-order chi connectivity index (χ1) is 16.5. The Morgan fingerprint density at radius 2 is 1.82 bits per heavy atom. The number of amides is 1. The van der Waals surface area contributed by atoms with E-state index in [4.69, 9.17) is 14.5 Å². The summed E-state index contributed by atoms with van der Waals surface area (Å²) < 4.78 is 12.4. The van der Waals surface area contributed by atoms with Gasteiger partial charge in [-0.25, -0.2) is 4.99 Å². The number of likely N-dealkylation sites (N-methyl/N-ethyl adjacent to an activating group) is 1. The van der Waals surface area contributed by atoms with Gasteiger partial charge in [0.25, 0.3) is 5.91 Å². The van der Waals surface area contributed by atoms with Crippen LogP contribution < -0.4 is 9.47 Å². The molecule has 174 valence electrons. The molecule has 5 nitrogen and oxygen atoms in total. The molecule has 3 aromatic carbocycles. The molecule has 0 aromatic heterocycles. The van der Waals surface area contributed by atoms with E-state index >= 15 is 0 Å². The van der Waals surface area contributed by atoms with E-state index < -0.39 is 0 Å². The lowest BCUT2D eigenvalue weighted by molar-refractivity contribution is -0.121. The molecule has 3 aromatic rings. The zero-order valence-electron chi connectivity index (χ0n) is 19.2. The van der Waals surface area contributed by atoms with Crippen molar-refractivity contribution in [3.63, 3.8) is 0 Å². The van der Waals surface area contributed by atoms with Crippen LogP contribution >= 0.6 is 27.7 Å². The van der Waals surface area contributed by atoms with Crippen LogP contribution in [0.15, 0.2) is 81.1 Å². The Balaban J connectivity index is 1.59. The lowest BCUT2D eigenvalue weighted by atomic mass is 10.1. The number of benzene rings is 3. The number of hydrogen-bond donors (Lipinski definition) is 0. The molecule has 1 fully saturated rings. The van der Waals surface area contributed by atoms with Crippen molar-refractivity contribution in [2.45, 2.75) is 20.0 Å². The summed E-state index contributed by atoms with van der Waals surface area (Å²) in [7, 11) is 3.36. The Hall–Kier alpha value is -3.03. The molecule has 1 aliphatic rings. The van der Waals surface area contributed by atoms with E-state index in [9.17, 15) is 4.79 Å². The van der Waals surface area contributed by atoms with Crippen LogP contribution in [0.25, 0.3) is 6.08 Å². The SMILES string of the molecule is CCc1ccccc1N=C1S/C(=C/c2cc(Br)c(OCc3ccccc3)c(OC)c2)C(=O)N1C. The third-order valence-electron chi connectivity index (χ3n) is 5.37. The maximum Gasteiger partial charge on any atom is 0.266 e. The lowest BCUT2D eigenvalue weighted by Gasteiger charge is -2.14. The number of thioether (sulfide) groups is 1. The monoisotopic (exact) mass is 536 g/mol. The summed E-state index contributed by atoms with van der Waals surface area (Å²) >= 11 is 4.97. The van der Waals surface area contributed by atoms with Gasteiger partial charge in [0, 0.05) is 7.05 Å². The second kappa shape index (κ2) is 10.9. The van der Waals surface area contributed by atoms with E-state index in [1.54, 1.807) is 19.1 Å². The Labute approximate surface area is 212 Å². The largest absolute Gasteiger partial charge is 0.493 e. The van der Waals surface area contributed by atoms with Crippen molar-refractivity contribution in [1.82, 2.24) is 4.90 Å². The van der Waals surface area contributed by atoms with Gasteiger partial charge in [0.1, 0.15) is 6.61 Å². The van der Waals surface area contributed by atoms with Gasteiger partial charge in [-0.1, -0.05) is 55.5 Å². The smallest absolute Gasteiger partial charge is 0.266 e. The summed E-state index contributed by atoms with van der Waals surface area (Å²) in [5.41, 5.74) is 3.93. The van der Waals surface area contributed by atoms with E-state index in [2.05, 4.69) is 28.9 Å². The Morgan fingerprint density at radius 1 is 1.09 bits per heavy atom. The molecule has 0 aliphatic carbocycles. The first-order valence-corrected chi connectivity index (χ1v) is 12.5. The molecule has 1 heterocycles. The van der Waals surface area contributed by atoms with Gasteiger partial charge in [-0.05, 0) is 75.1 Å². The third kappa shape index (κ3) is 5.37. The van der Waals surface area contributed by atoms with Crippen LogP contribution in [0.4, 0.5) is 5.69 Å². The number of methoxy groups -OCH3 is 1. The highest BCUT2D eigenvalue weighted by atomic mass is 79.9. The van der Waals surface area contributed by atoms with Crippen LogP contribution in [-0.4, -0.2) is 30.1 Å². The fourth-order valence-electron chi connectivity index (χ4n) is 3.52. The Bertz CT molecular complexity index is 1260. The number of aliphatic imine (C=N–C) groups is 1. The maximum absolute atomic E-state index is 12.9. The molecule has 0 N–H and O–H groups in total. The van der Waals surface area contributed by atoms with Crippen LogP contribution in [0.5, 0.6) is 11.5 Å². The molecule has 0 radical (unpaired) electrons. The number of halogens is 1. The predicted octanol–water partition coefficient (Wildman–Crippen LogP) is 6.83. The normalized spacial score (nSPS) is 15.9.